The highest BCUT2D eigenvalue weighted by Gasteiger charge is 2.37. The van der Waals surface area contributed by atoms with Crippen molar-refractivity contribution in [2.75, 3.05) is 22.8 Å². The quantitative estimate of drug-likeness (QED) is 0.511. The molecule has 0 aliphatic carbocycles. The van der Waals surface area contributed by atoms with Crippen LogP contribution in [0.1, 0.15) is 17.3 Å². The van der Waals surface area contributed by atoms with E-state index in [1.54, 1.807) is 49.4 Å². The Labute approximate surface area is 202 Å². The molecule has 8 nitrogen and oxygen atoms in total. The molecule has 1 unspecified atom stereocenters. The summed E-state index contributed by atoms with van der Waals surface area (Å²) in [6.07, 6.45) is -1.14. The fourth-order valence-corrected chi connectivity index (χ4v) is 5.17. The fraction of sp³-hybridized carbons (Fsp3) is 0.167. The van der Waals surface area contributed by atoms with E-state index in [-0.39, 0.29) is 40.1 Å². The maximum Gasteiger partial charge on any atom is 0.339 e. The summed E-state index contributed by atoms with van der Waals surface area (Å²) in [5.41, 5.74) is 0.730. The van der Waals surface area contributed by atoms with Crippen molar-refractivity contribution in [1.82, 2.24) is 0 Å². The van der Waals surface area contributed by atoms with Gasteiger partial charge in [-0.15, -0.1) is 0 Å². The summed E-state index contributed by atoms with van der Waals surface area (Å²) in [7, 11) is -3.95. The Morgan fingerprint density at radius 3 is 2.53 bits per heavy atom. The summed E-state index contributed by atoms with van der Waals surface area (Å²) in [5.74, 6) is -0.941. The van der Waals surface area contributed by atoms with E-state index in [0.29, 0.717) is 5.69 Å². The lowest BCUT2D eigenvalue weighted by Gasteiger charge is -2.34. The van der Waals surface area contributed by atoms with Gasteiger partial charge in [0.25, 0.3) is 15.9 Å². The summed E-state index contributed by atoms with van der Waals surface area (Å²) in [5, 5.41) is 2.85. The highest BCUT2D eigenvalue weighted by molar-refractivity contribution is 7.92. The number of halogens is 1. The molecule has 0 spiro atoms. The van der Waals surface area contributed by atoms with Gasteiger partial charge in [0.05, 0.1) is 34.3 Å². The van der Waals surface area contributed by atoms with Crippen molar-refractivity contribution in [2.24, 2.45) is 0 Å². The minimum atomic E-state index is -3.95. The first-order valence-corrected chi connectivity index (χ1v) is 12.2. The maximum atomic E-state index is 13.4. The van der Waals surface area contributed by atoms with Crippen molar-refractivity contribution in [3.05, 3.63) is 83.4 Å². The van der Waals surface area contributed by atoms with Crippen LogP contribution in [0.25, 0.3) is 0 Å². The average Bonchev–Trinajstić information content (AvgIpc) is 2.85. The second kappa shape index (κ2) is 9.74. The van der Waals surface area contributed by atoms with Crippen molar-refractivity contribution in [1.29, 1.82) is 0 Å². The lowest BCUT2D eigenvalue weighted by molar-refractivity contribution is -0.122. The molecule has 0 fully saturated rings. The molecule has 1 N–H and O–H groups in total. The first-order valence-electron chi connectivity index (χ1n) is 10.4. The van der Waals surface area contributed by atoms with E-state index >= 15 is 0 Å². The smallest absolute Gasteiger partial charge is 0.339 e. The second-order valence-electron chi connectivity index (χ2n) is 7.33. The second-order valence-corrected chi connectivity index (χ2v) is 9.60. The van der Waals surface area contributed by atoms with Crippen LogP contribution < -0.4 is 14.4 Å². The molecular weight excluding hydrogens is 480 g/mol. The molecule has 176 valence electrons. The largest absolute Gasteiger partial charge is 0.476 e. The molecule has 0 saturated carbocycles. The Bertz CT molecular complexity index is 1330. The van der Waals surface area contributed by atoms with Gasteiger partial charge < -0.3 is 14.8 Å². The van der Waals surface area contributed by atoms with Crippen molar-refractivity contribution >= 4 is 44.9 Å². The van der Waals surface area contributed by atoms with Crippen molar-refractivity contribution in [3.63, 3.8) is 0 Å². The molecule has 34 heavy (non-hydrogen) atoms. The number of rotatable bonds is 6. The number of sulfonamides is 1. The Morgan fingerprint density at radius 2 is 1.79 bits per heavy atom. The molecule has 3 aromatic carbocycles. The average molecular weight is 501 g/mol. The number of carbonyl (C=O) groups is 2. The van der Waals surface area contributed by atoms with Crippen molar-refractivity contribution < 1.29 is 27.5 Å². The third-order valence-corrected chi connectivity index (χ3v) is 7.21. The molecule has 1 aliphatic rings. The topological polar surface area (TPSA) is 102 Å². The van der Waals surface area contributed by atoms with E-state index in [1.165, 1.54) is 30.3 Å². The summed E-state index contributed by atoms with van der Waals surface area (Å²) >= 11 is 6.08. The molecule has 1 atom stereocenters. The number of ether oxygens (including phenoxy) is 2. The minimum absolute atomic E-state index is 0.0997. The van der Waals surface area contributed by atoms with E-state index in [4.69, 9.17) is 21.1 Å². The van der Waals surface area contributed by atoms with E-state index in [0.717, 1.165) is 4.31 Å². The van der Waals surface area contributed by atoms with E-state index in [2.05, 4.69) is 5.32 Å². The molecule has 0 bridgehead atoms. The Balaban J connectivity index is 1.62. The zero-order chi connectivity index (χ0) is 24.3. The van der Waals surface area contributed by atoms with Gasteiger partial charge in [-0.25, -0.2) is 13.2 Å². The van der Waals surface area contributed by atoms with Gasteiger partial charge >= 0.3 is 5.97 Å². The molecule has 1 amide bonds. The van der Waals surface area contributed by atoms with Gasteiger partial charge in [-0.05, 0) is 49.4 Å². The number of carbonyl (C=O) groups excluding carboxylic acids is 2. The van der Waals surface area contributed by atoms with Crippen LogP contribution >= 0.6 is 11.6 Å². The lowest BCUT2D eigenvalue weighted by Crippen LogP contribution is -2.48. The number of fused-ring (bicyclic) bond motifs is 1. The zero-order valence-electron chi connectivity index (χ0n) is 18.1. The van der Waals surface area contributed by atoms with Crippen LogP contribution in [0.2, 0.25) is 5.02 Å². The molecule has 3 aromatic rings. The molecular formula is C24H21ClN2O6S. The first-order chi connectivity index (χ1) is 16.3. The lowest BCUT2D eigenvalue weighted by atomic mass is 10.2. The van der Waals surface area contributed by atoms with E-state index < -0.39 is 28.0 Å². The first kappa shape index (κ1) is 23.6. The van der Waals surface area contributed by atoms with Gasteiger partial charge in [0.1, 0.15) is 5.75 Å². The number of esters is 1. The number of nitrogens with zero attached hydrogens (tertiary/aromatic N) is 1. The monoisotopic (exact) mass is 500 g/mol. The summed E-state index contributed by atoms with van der Waals surface area (Å²) in [6.45, 7) is 1.61. The van der Waals surface area contributed by atoms with E-state index in [1.807, 2.05) is 0 Å². The number of benzene rings is 3. The van der Waals surface area contributed by atoms with Crippen LogP contribution in [0.5, 0.6) is 5.75 Å². The third-order valence-electron chi connectivity index (χ3n) is 5.09. The highest BCUT2D eigenvalue weighted by Crippen LogP contribution is 2.37. The summed E-state index contributed by atoms with van der Waals surface area (Å²) in [6, 6.07) is 19.0. The Morgan fingerprint density at radius 1 is 1.09 bits per heavy atom. The third kappa shape index (κ3) is 4.71. The van der Waals surface area contributed by atoms with Gasteiger partial charge in [0.2, 0.25) is 0 Å². The Hall–Kier alpha value is -3.56. The number of hydrogen-bond donors (Lipinski definition) is 1. The standard InChI is InChI=1S/C24H21ClN2O6S/c1-2-32-24(29)18-14-16(12-13-19(18)25)26-23(28)22-15-27(20-10-6-7-11-21(20)33-22)34(30,31)17-8-4-3-5-9-17/h3-14,22H,2,15H2,1H3,(H,26,28). The van der Waals surface area contributed by atoms with Crippen LogP contribution in [0.15, 0.2) is 77.7 Å². The summed E-state index contributed by atoms with van der Waals surface area (Å²) in [4.78, 5) is 25.3. The van der Waals surface area contributed by atoms with Gasteiger partial charge in [0.15, 0.2) is 6.10 Å². The fourth-order valence-electron chi connectivity index (χ4n) is 3.48. The molecule has 1 heterocycles. The van der Waals surface area contributed by atoms with Crippen LogP contribution in [-0.4, -0.2) is 39.5 Å². The minimum Gasteiger partial charge on any atom is -0.476 e. The van der Waals surface area contributed by atoms with Crippen LogP contribution in [-0.2, 0) is 19.6 Å². The van der Waals surface area contributed by atoms with Gasteiger partial charge in [-0.3, -0.25) is 9.10 Å². The number of hydrogen-bond acceptors (Lipinski definition) is 6. The van der Waals surface area contributed by atoms with Crippen molar-refractivity contribution in [3.8, 4) is 5.75 Å². The van der Waals surface area contributed by atoms with Crippen LogP contribution in [0.4, 0.5) is 11.4 Å². The molecule has 1 aliphatic heterocycles. The molecule has 0 radical (unpaired) electrons. The predicted molar refractivity (Wildman–Crippen MR) is 128 cm³/mol. The zero-order valence-corrected chi connectivity index (χ0v) is 19.7. The van der Waals surface area contributed by atoms with Crippen molar-refractivity contribution in [2.45, 2.75) is 17.9 Å². The predicted octanol–water partition coefficient (Wildman–Crippen LogP) is 4.11. The normalized spacial score (nSPS) is 15.1. The van der Waals surface area contributed by atoms with Gasteiger partial charge in [-0.2, -0.15) is 0 Å². The Kier molecular flexibility index (Phi) is 6.76. The number of anilines is 2. The van der Waals surface area contributed by atoms with Crippen LogP contribution in [0.3, 0.4) is 0 Å². The molecule has 4 rings (SSSR count). The van der Waals surface area contributed by atoms with Crippen LogP contribution in [0, 0.1) is 0 Å². The van der Waals surface area contributed by atoms with E-state index in [9.17, 15) is 18.0 Å². The number of amides is 1. The van der Waals surface area contributed by atoms with Gasteiger partial charge in [0, 0.05) is 5.69 Å². The maximum absolute atomic E-state index is 13.4. The summed E-state index contributed by atoms with van der Waals surface area (Å²) < 4.78 is 38.7. The molecule has 0 saturated heterocycles. The SMILES string of the molecule is CCOC(=O)c1cc(NC(=O)C2CN(S(=O)(=O)c3ccccc3)c3ccccc3O2)ccc1Cl. The molecule has 0 aromatic heterocycles. The number of nitrogens with one attached hydrogen (secondary N) is 1. The highest BCUT2D eigenvalue weighted by atomic mass is 35.5. The molecule has 10 heteroatoms. The number of para-hydroxylation sites is 2. The van der Waals surface area contributed by atoms with Gasteiger partial charge in [-0.1, -0.05) is 41.9 Å².